The van der Waals surface area contributed by atoms with Crippen molar-refractivity contribution >= 4 is 23.1 Å². The Balaban J connectivity index is 1.47. The van der Waals surface area contributed by atoms with Crippen molar-refractivity contribution in [3.63, 3.8) is 0 Å². The molecule has 0 heterocycles. The minimum absolute atomic E-state index is 0.345. The van der Waals surface area contributed by atoms with E-state index < -0.39 is 12.1 Å². The fraction of sp³-hybridized carbons (Fsp3) is 0.258. The summed E-state index contributed by atoms with van der Waals surface area (Å²) in [7, 11) is 0. The molecule has 1 fully saturated rings. The number of nitrogens with one attached hydrogen (secondary N) is 1. The van der Waals surface area contributed by atoms with Gasteiger partial charge >= 0.3 is 5.97 Å². The second kappa shape index (κ2) is 12.5. The third kappa shape index (κ3) is 7.88. The van der Waals surface area contributed by atoms with Crippen LogP contribution in [0.25, 0.3) is 5.57 Å². The Kier molecular flexibility index (Phi) is 8.90. The van der Waals surface area contributed by atoms with E-state index >= 15 is 0 Å². The molecule has 6 heteroatoms. The number of hydrogen-bond donors (Lipinski definition) is 2. The number of carbonyl (C=O) groups is 1. The van der Waals surface area contributed by atoms with Crippen LogP contribution in [0.4, 0.5) is 0 Å². The highest BCUT2D eigenvalue weighted by atomic mass is 35.5. The smallest absolute Gasteiger partial charge is 0.344 e. The molecule has 2 N–H and O–H groups in total. The maximum Gasteiger partial charge on any atom is 0.344 e. The topological polar surface area (TPSA) is 67.8 Å². The molecule has 1 aliphatic carbocycles. The van der Waals surface area contributed by atoms with E-state index in [-0.39, 0.29) is 0 Å². The number of benzene rings is 3. The van der Waals surface area contributed by atoms with Gasteiger partial charge in [-0.1, -0.05) is 47.7 Å². The molecule has 3 aromatic rings. The Morgan fingerprint density at radius 2 is 1.78 bits per heavy atom. The number of hydrogen-bond acceptors (Lipinski definition) is 4. The van der Waals surface area contributed by atoms with Crippen LogP contribution >= 0.6 is 11.6 Å². The molecule has 5 nitrogen and oxygen atoms in total. The molecule has 4 rings (SSSR count). The zero-order valence-electron chi connectivity index (χ0n) is 21.0. The normalized spacial score (nSPS) is 13.9. The maximum atomic E-state index is 11.1. The second-order valence-electron chi connectivity index (χ2n) is 9.00. The highest BCUT2D eigenvalue weighted by Crippen LogP contribution is 2.27. The number of rotatable bonds is 10. The third-order valence-corrected chi connectivity index (χ3v) is 6.23. The summed E-state index contributed by atoms with van der Waals surface area (Å²) in [5.41, 5.74) is 4.89. The van der Waals surface area contributed by atoms with E-state index in [2.05, 4.69) is 29.3 Å². The molecular weight excluding hydrogens is 486 g/mol. The summed E-state index contributed by atoms with van der Waals surface area (Å²) < 4.78 is 11.5. The van der Waals surface area contributed by atoms with E-state index in [1.165, 1.54) is 19.8 Å². The molecule has 1 unspecified atom stereocenters. The van der Waals surface area contributed by atoms with E-state index in [9.17, 15) is 4.79 Å². The summed E-state index contributed by atoms with van der Waals surface area (Å²) in [4.78, 5) is 11.1. The molecule has 0 spiro atoms. The van der Waals surface area contributed by atoms with Gasteiger partial charge in [0.25, 0.3) is 0 Å². The minimum Gasteiger partial charge on any atom is -0.489 e. The standard InChI is InChI=1S/C31H30ClNO4/c1-21-20-28(15-16-30(21)37-22(2)31(34)35)36-19-17-29(25-9-11-26(32)12-10-25)24-7-5-23(6-8-24)4-3-18-33-27-13-14-27/h5-12,15-17,20,22,27,33H,13-14,18-19H2,1-2H3,(H,34,35)/b29-17-. The van der Waals surface area contributed by atoms with Crippen molar-refractivity contribution in [3.05, 3.63) is 100 Å². The van der Waals surface area contributed by atoms with Crippen molar-refractivity contribution in [3.8, 4) is 23.3 Å². The van der Waals surface area contributed by atoms with Gasteiger partial charge in [-0.3, -0.25) is 0 Å². The first-order valence-electron chi connectivity index (χ1n) is 12.3. The summed E-state index contributed by atoms with van der Waals surface area (Å²) in [6, 6.07) is 21.9. The zero-order chi connectivity index (χ0) is 26.2. The van der Waals surface area contributed by atoms with E-state index in [0.717, 1.165) is 27.8 Å². The van der Waals surface area contributed by atoms with Gasteiger partial charge < -0.3 is 19.9 Å². The zero-order valence-corrected chi connectivity index (χ0v) is 21.7. The number of aliphatic carboxylic acids is 1. The van der Waals surface area contributed by atoms with Gasteiger partial charge in [0, 0.05) is 16.6 Å². The lowest BCUT2D eigenvalue weighted by Crippen LogP contribution is -2.23. The lowest BCUT2D eigenvalue weighted by atomic mass is 9.97. The Morgan fingerprint density at radius 3 is 2.41 bits per heavy atom. The molecule has 1 aliphatic rings. The second-order valence-corrected chi connectivity index (χ2v) is 9.43. The van der Waals surface area contributed by atoms with Crippen molar-refractivity contribution < 1.29 is 19.4 Å². The summed E-state index contributed by atoms with van der Waals surface area (Å²) in [5.74, 6) is 6.59. The molecule has 1 atom stereocenters. The molecule has 0 aliphatic heterocycles. The van der Waals surface area contributed by atoms with Gasteiger partial charge in [-0.2, -0.15) is 0 Å². The quantitative estimate of drug-likeness (QED) is 0.319. The van der Waals surface area contributed by atoms with Gasteiger partial charge in [0.2, 0.25) is 0 Å². The number of ether oxygens (including phenoxy) is 2. The Labute approximate surface area is 223 Å². The van der Waals surface area contributed by atoms with Crippen LogP contribution in [0.5, 0.6) is 11.5 Å². The van der Waals surface area contributed by atoms with E-state index in [0.29, 0.717) is 35.7 Å². The molecule has 3 aromatic carbocycles. The number of carboxylic acids is 1. The van der Waals surface area contributed by atoms with E-state index in [1.54, 1.807) is 12.1 Å². The largest absolute Gasteiger partial charge is 0.489 e. The molecule has 37 heavy (non-hydrogen) atoms. The average molecular weight is 516 g/mol. The van der Waals surface area contributed by atoms with Gasteiger partial charge in [0.1, 0.15) is 18.1 Å². The van der Waals surface area contributed by atoms with Crippen LogP contribution in [-0.2, 0) is 4.79 Å². The molecule has 0 aromatic heterocycles. The Hall–Kier alpha value is -3.72. The predicted molar refractivity (Wildman–Crippen MR) is 147 cm³/mol. The molecule has 0 radical (unpaired) electrons. The fourth-order valence-electron chi connectivity index (χ4n) is 3.70. The molecule has 1 saturated carbocycles. The lowest BCUT2D eigenvalue weighted by Gasteiger charge is -2.14. The third-order valence-electron chi connectivity index (χ3n) is 5.98. The van der Waals surface area contributed by atoms with Gasteiger partial charge in [-0.15, -0.1) is 0 Å². The van der Waals surface area contributed by atoms with E-state index in [4.69, 9.17) is 26.2 Å². The SMILES string of the molecule is Cc1cc(OC/C=C(\c2ccc(Cl)cc2)c2ccc(C#CCNC3CC3)cc2)ccc1OC(C)C(=O)O. The van der Waals surface area contributed by atoms with Crippen LogP contribution in [0.2, 0.25) is 5.02 Å². The first-order valence-corrected chi connectivity index (χ1v) is 12.7. The van der Waals surface area contributed by atoms with Crippen molar-refractivity contribution in [2.24, 2.45) is 0 Å². The average Bonchev–Trinajstić information content (AvgIpc) is 3.72. The van der Waals surface area contributed by atoms with Gasteiger partial charge in [-0.25, -0.2) is 4.79 Å². The van der Waals surface area contributed by atoms with Gasteiger partial charge in [0.05, 0.1) is 6.54 Å². The van der Waals surface area contributed by atoms with Crippen LogP contribution in [0.15, 0.2) is 72.8 Å². The van der Waals surface area contributed by atoms with Crippen LogP contribution in [0.1, 0.15) is 42.0 Å². The van der Waals surface area contributed by atoms with Crippen LogP contribution < -0.4 is 14.8 Å². The monoisotopic (exact) mass is 515 g/mol. The molecular formula is C31H30ClNO4. The van der Waals surface area contributed by atoms with E-state index in [1.807, 2.05) is 55.5 Å². The minimum atomic E-state index is -1.01. The van der Waals surface area contributed by atoms with Crippen LogP contribution in [-0.4, -0.2) is 36.4 Å². The van der Waals surface area contributed by atoms with Crippen molar-refractivity contribution in [2.75, 3.05) is 13.2 Å². The number of aryl methyl sites for hydroxylation is 1. The molecule has 0 bridgehead atoms. The fourth-order valence-corrected chi connectivity index (χ4v) is 3.83. The predicted octanol–water partition coefficient (Wildman–Crippen LogP) is 6.11. The summed E-state index contributed by atoms with van der Waals surface area (Å²) >= 11 is 6.12. The Bertz CT molecular complexity index is 1320. The number of carboxylic acid groups (broad SMARTS) is 1. The van der Waals surface area contributed by atoms with Gasteiger partial charge in [-0.05, 0) is 97.5 Å². The molecule has 0 saturated heterocycles. The van der Waals surface area contributed by atoms with Crippen molar-refractivity contribution in [1.82, 2.24) is 5.32 Å². The lowest BCUT2D eigenvalue weighted by molar-refractivity contribution is -0.144. The van der Waals surface area contributed by atoms with Crippen molar-refractivity contribution in [1.29, 1.82) is 0 Å². The summed E-state index contributed by atoms with van der Waals surface area (Å²) in [6.45, 7) is 4.42. The highest BCUT2D eigenvalue weighted by Gasteiger charge is 2.19. The number of halogens is 1. The van der Waals surface area contributed by atoms with Gasteiger partial charge in [0.15, 0.2) is 6.10 Å². The summed E-state index contributed by atoms with van der Waals surface area (Å²) in [5, 5.41) is 13.2. The molecule has 0 amide bonds. The van der Waals surface area contributed by atoms with Crippen LogP contribution in [0, 0.1) is 18.8 Å². The van der Waals surface area contributed by atoms with Crippen LogP contribution in [0.3, 0.4) is 0 Å². The summed E-state index contributed by atoms with van der Waals surface area (Å²) in [6.07, 6.45) is 3.62. The Morgan fingerprint density at radius 1 is 1.11 bits per heavy atom. The highest BCUT2D eigenvalue weighted by molar-refractivity contribution is 6.30. The molecule has 190 valence electrons. The first kappa shape index (κ1) is 26.3. The maximum absolute atomic E-state index is 11.1. The van der Waals surface area contributed by atoms with Crippen molar-refractivity contribution in [2.45, 2.75) is 38.8 Å². The first-order chi connectivity index (χ1) is 17.9.